The fourth-order valence-electron chi connectivity index (χ4n) is 3.82. The van der Waals surface area contributed by atoms with Crippen LogP contribution >= 0.6 is 0 Å². The van der Waals surface area contributed by atoms with Crippen molar-refractivity contribution in [3.05, 3.63) is 24.3 Å². The van der Waals surface area contributed by atoms with Crippen molar-refractivity contribution < 1.29 is 22.5 Å². The van der Waals surface area contributed by atoms with Gasteiger partial charge in [-0.15, -0.1) is 0 Å². The summed E-state index contributed by atoms with van der Waals surface area (Å²) in [5, 5.41) is -0.113. The number of rotatable bonds is 6. The minimum atomic E-state index is -3.04. The molecule has 0 aromatic heterocycles. The van der Waals surface area contributed by atoms with E-state index in [1.807, 2.05) is 52.0 Å². The van der Waals surface area contributed by atoms with Crippen LogP contribution in [0.4, 0.5) is 0 Å². The van der Waals surface area contributed by atoms with Crippen LogP contribution in [0.3, 0.4) is 0 Å². The number of benzene rings is 1. The van der Waals surface area contributed by atoms with Crippen molar-refractivity contribution in [2.24, 2.45) is 5.92 Å². The molecule has 1 saturated carbocycles. The molecule has 0 amide bonds. The molecule has 2 heterocycles. The van der Waals surface area contributed by atoms with Crippen molar-refractivity contribution >= 4 is 22.6 Å². The Balaban J connectivity index is 1.26. The van der Waals surface area contributed by atoms with Crippen LogP contribution in [0.15, 0.2) is 24.3 Å². The van der Waals surface area contributed by atoms with E-state index in [0.29, 0.717) is 25.6 Å². The molecule has 1 aromatic rings. The third-order valence-corrected chi connectivity index (χ3v) is 9.17. The van der Waals surface area contributed by atoms with Gasteiger partial charge in [0.05, 0.1) is 23.1 Å². The summed E-state index contributed by atoms with van der Waals surface area (Å²) in [6.07, 6.45) is 3.37. The first-order chi connectivity index (χ1) is 13.6. The molecular weight excluding hydrogens is 389 g/mol. The fraction of sp³-hybridized carbons (Fsp3) is 0.714. The number of sulfonamides is 1. The van der Waals surface area contributed by atoms with Gasteiger partial charge >= 0.3 is 7.12 Å². The molecule has 0 N–H and O–H groups in total. The predicted molar refractivity (Wildman–Crippen MR) is 114 cm³/mol. The lowest BCUT2D eigenvalue weighted by Gasteiger charge is -2.32. The Kier molecular flexibility index (Phi) is 5.51. The Morgan fingerprint density at radius 3 is 2.07 bits per heavy atom. The smallest absolute Gasteiger partial charge is 0.493 e. The predicted octanol–water partition coefficient (Wildman–Crippen LogP) is 2.57. The van der Waals surface area contributed by atoms with E-state index in [-0.39, 0.29) is 23.6 Å². The normalized spacial score (nSPS) is 25.3. The van der Waals surface area contributed by atoms with E-state index in [0.717, 1.165) is 36.9 Å². The van der Waals surface area contributed by atoms with Crippen molar-refractivity contribution in [3.8, 4) is 5.75 Å². The van der Waals surface area contributed by atoms with Gasteiger partial charge in [0, 0.05) is 13.1 Å². The maximum atomic E-state index is 12.3. The average Bonchev–Trinajstić information content (AvgIpc) is 3.49. The van der Waals surface area contributed by atoms with Crippen molar-refractivity contribution in [2.45, 2.75) is 69.8 Å². The molecule has 29 heavy (non-hydrogen) atoms. The lowest BCUT2D eigenvalue weighted by molar-refractivity contribution is 0.00578. The van der Waals surface area contributed by atoms with Gasteiger partial charge in [-0.25, -0.2) is 12.7 Å². The van der Waals surface area contributed by atoms with E-state index in [2.05, 4.69) is 0 Å². The van der Waals surface area contributed by atoms with Crippen LogP contribution in [0.5, 0.6) is 5.75 Å². The zero-order valence-electron chi connectivity index (χ0n) is 17.9. The SMILES string of the molecule is CC1(C)OB(c2ccc(OCC3CCN(S(=O)(=O)C4CC4)CC3)cc2)OC1(C)C. The first kappa shape index (κ1) is 21.2. The van der Waals surface area contributed by atoms with Gasteiger partial charge in [-0.2, -0.15) is 0 Å². The molecule has 2 aliphatic heterocycles. The van der Waals surface area contributed by atoms with E-state index >= 15 is 0 Å². The van der Waals surface area contributed by atoms with Gasteiger partial charge in [-0.05, 0) is 76.9 Å². The van der Waals surface area contributed by atoms with Gasteiger partial charge < -0.3 is 14.0 Å². The zero-order valence-corrected chi connectivity index (χ0v) is 18.7. The molecule has 4 rings (SSSR count). The molecule has 0 unspecified atom stereocenters. The van der Waals surface area contributed by atoms with Gasteiger partial charge in [0.2, 0.25) is 10.0 Å². The first-order valence-corrected chi connectivity index (χ1v) is 12.2. The average molecular weight is 421 g/mol. The van der Waals surface area contributed by atoms with Gasteiger partial charge in [-0.1, -0.05) is 12.1 Å². The van der Waals surface area contributed by atoms with E-state index in [1.165, 1.54) is 0 Å². The second-order valence-electron chi connectivity index (χ2n) is 9.56. The molecule has 2 saturated heterocycles. The van der Waals surface area contributed by atoms with Gasteiger partial charge in [0.1, 0.15) is 5.75 Å². The zero-order chi connectivity index (χ0) is 20.9. The molecule has 160 valence electrons. The molecule has 0 atom stereocenters. The Morgan fingerprint density at radius 2 is 1.55 bits per heavy atom. The second-order valence-corrected chi connectivity index (χ2v) is 11.8. The van der Waals surface area contributed by atoms with Crippen LogP contribution in [-0.4, -0.2) is 56.0 Å². The highest BCUT2D eigenvalue weighted by Crippen LogP contribution is 2.36. The maximum absolute atomic E-state index is 12.3. The minimum Gasteiger partial charge on any atom is -0.493 e. The van der Waals surface area contributed by atoms with Gasteiger partial charge in [0.25, 0.3) is 0 Å². The molecule has 3 aliphatic rings. The molecule has 1 aliphatic carbocycles. The summed E-state index contributed by atoms with van der Waals surface area (Å²) >= 11 is 0. The fourth-order valence-corrected chi connectivity index (χ4v) is 5.69. The van der Waals surface area contributed by atoms with E-state index in [9.17, 15) is 8.42 Å². The Labute approximate surface area is 175 Å². The third kappa shape index (κ3) is 4.36. The lowest BCUT2D eigenvalue weighted by Crippen LogP contribution is -2.41. The quantitative estimate of drug-likeness (QED) is 0.661. The summed E-state index contributed by atoms with van der Waals surface area (Å²) in [6.45, 7) is 10.0. The van der Waals surface area contributed by atoms with Crippen LogP contribution in [0.25, 0.3) is 0 Å². The first-order valence-electron chi connectivity index (χ1n) is 10.7. The summed E-state index contributed by atoms with van der Waals surface area (Å²) in [5.41, 5.74) is 0.276. The van der Waals surface area contributed by atoms with Crippen LogP contribution < -0.4 is 10.2 Å². The highest BCUT2D eigenvalue weighted by Gasteiger charge is 2.51. The number of nitrogens with zero attached hydrogens (tertiary/aromatic N) is 1. The van der Waals surface area contributed by atoms with E-state index in [4.69, 9.17) is 14.0 Å². The summed E-state index contributed by atoms with van der Waals surface area (Å²) < 4.78 is 44.5. The number of hydrogen-bond donors (Lipinski definition) is 0. The van der Waals surface area contributed by atoms with E-state index in [1.54, 1.807) is 4.31 Å². The van der Waals surface area contributed by atoms with Crippen molar-refractivity contribution in [1.29, 1.82) is 0 Å². The van der Waals surface area contributed by atoms with Crippen LogP contribution in [0.1, 0.15) is 53.4 Å². The summed E-state index contributed by atoms with van der Waals surface area (Å²) in [7, 11) is -3.41. The summed E-state index contributed by atoms with van der Waals surface area (Å²) in [5.74, 6) is 1.21. The molecule has 0 radical (unpaired) electrons. The van der Waals surface area contributed by atoms with Gasteiger partial charge in [0.15, 0.2) is 0 Å². The third-order valence-electron chi connectivity index (χ3n) is 6.77. The Bertz CT molecular complexity index is 811. The maximum Gasteiger partial charge on any atom is 0.494 e. The van der Waals surface area contributed by atoms with Crippen molar-refractivity contribution in [2.75, 3.05) is 19.7 Å². The minimum absolute atomic E-state index is 0.113. The largest absolute Gasteiger partial charge is 0.494 e. The standard InChI is InChI=1S/C21H32BNO5S/c1-20(2)21(3,4)28-22(27-20)17-5-7-18(8-6-17)26-15-16-11-13-23(14-12-16)29(24,25)19-9-10-19/h5-8,16,19H,9-15H2,1-4H3. The van der Waals surface area contributed by atoms with Gasteiger partial charge in [-0.3, -0.25) is 0 Å². The number of hydrogen-bond acceptors (Lipinski definition) is 5. The molecule has 0 spiro atoms. The highest BCUT2D eigenvalue weighted by molar-refractivity contribution is 7.90. The lowest BCUT2D eigenvalue weighted by atomic mass is 9.79. The Hall–Kier alpha value is -1.09. The topological polar surface area (TPSA) is 65.1 Å². The Morgan fingerprint density at radius 1 is 1.00 bits per heavy atom. The van der Waals surface area contributed by atoms with E-state index < -0.39 is 10.0 Å². The molecule has 0 bridgehead atoms. The summed E-state index contributed by atoms with van der Waals surface area (Å²) in [6, 6.07) is 7.88. The van der Waals surface area contributed by atoms with Crippen LogP contribution in [0.2, 0.25) is 0 Å². The monoisotopic (exact) mass is 421 g/mol. The number of piperidine rings is 1. The summed E-state index contributed by atoms with van der Waals surface area (Å²) in [4.78, 5) is 0. The number of ether oxygens (including phenoxy) is 1. The second kappa shape index (κ2) is 7.55. The molecule has 8 heteroatoms. The molecular formula is C21H32BNO5S. The van der Waals surface area contributed by atoms with Crippen molar-refractivity contribution in [3.63, 3.8) is 0 Å². The van der Waals surface area contributed by atoms with Crippen LogP contribution in [0, 0.1) is 5.92 Å². The highest BCUT2D eigenvalue weighted by atomic mass is 32.2. The molecule has 6 nitrogen and oxygen atoms in total. The molecule has 3 fully saturated rings. The molecule has 1 aromatic carbocycles. The van der Waals surface area contributed by atoms with Crippen molar-refractivity contribution in [1.82, 2.24) is 4.31 Å². The van der Waals surface area contributed by atoms with Crippen LogP contribution in [-0.2, 0) is 19.3 Å².